The van der Waals surface area contributed by atoms with Gasteiger partial charge in [0.25, 0.3) is 11.5 Å². The number of ether oxygens (including phenoxy) is 1. The molecule has 34 heavy (non-hydrogen) atoms. The summed E-state index contributed by atoms with van der Waals surface area (Å²) in [7, 11) is 0. The van der Waals surface area contributed by atoms with Crippen LogP contribution in [0.15, 0.2) is 83.9 Å². The van der Waals surface area contributed by atoms with Gasteiger partial charge in [-0.15, -0.1) is 11.3 Å². The Morgan fingerprint density at radius 2 is 1.91 bits per heavy atom. The summed E-state index contributed by atoms with van der Waals surface area (Å²) in [4.78, 5) is 30.5. The van der Waals surface area contributed by atoms with Crippen molar-refractivity contribution in [3.63, 3.8) is 0 Å². The minimum Gasteiger partial charge on any atom is -0.494 e. The van der Waals surface area contributed by atoms with E-state index in [1.165, 1.54) is 4.57 Å². The highest BCUT2D eigenvalue weighted by atomic mass is 32.1. The van der Waals surface area contributed by atoms with Gasteiger partial charge in [0.05, 0.1) is 16.8 Å². The molecule has 0 unspecified atom stereocenters. The quantitative estimate of drug-likeness (QED) is 0.469. The SMILES string of the molecule is CCOc1ccc(NC(=O)C(C#N)=c2sc(=Cc3cccnc3)c(=O)n2-c2ccccc2)cc1. The molecule has 2 aromatic heterocycles. The minimum absolute atomic E-state index is 0.161. The molecule has 4 aromatic rings. The molecule has 0 aliphatic carbocycles. The molecule has 0 saturated heterocycles. The number of para-hydroxylation sites is 1. The Morgan fingerprint density at radius 1 is 1.15 bits per heavy atom. The number of hydrogen-bond donors (Lipinski definition) is 1. The predicted octanol–water partition coefficient (Wildman–Crippen LogP) is 2.83. The number of rotatable bonds is 6. The summed E-state index contributed by atoms with van der Waals surface area (Å²) >= 11 is 1.08. The van der Waals surface area contributed by atoms with Crippen LogP contribution in [0.25, 0.3) is 17.3 Å². The molecule has 0 spiro atoms. The lowest BCUT2D eigenvalue weighted by atomic mass is 10.2. The van der Waals surface area contributed by atoms with Crippen LogP contribution in [0.1, 0.15) is 12.5 Å². The topological polar surface area (TPSA) is 97.0 Å². The number of hydrogen-bond acceptors (Lipinski definition) is 6. The van der Waals surface area contributed by atoms with Crippen LogP contribution >= 0.6 is 11.3 Å². The van der Waals surface area contributed by atoms with Crippen LogP contribution in [-0.2, 0) is 4.79 Å². The molecule has 0 radical (unpaired) electrons. The lowest BCUT2D eigenvalue weighted by Gasteiger charge is -2.07. The summed E-state index contributed by atoms with van der Waals surface area (Å²) in [5.41, 5.74) is 1.33. The third kappa shape index (κ3) is 4.95. The molecule has 168 valence electrons. The predicted molar refractivity (Wildman–Crippen MR) is 132 cm³/mol. The zero-order chi connectivity index (χ0) is 23.9. The number of carbonyl (C=O) groups is 1. The highest BCUT2D eigenvalue weighted by molar-refractivity contribution is 7.07. The molecule has 7 nitrogen and oxygen atoms in total. The molecule has 0 bridgehead atoms. The van der Waals surface area contributed by atoms with Gasteiger partial charge in [-0.2, -0.15) is 5.26 Å². The Kier molecular flexibility index (Phi) is 6.96. The van der Waals surface area contributed by atoms with Gasteiger partial charge in [-0.1, -0.05) is 24.3 Å². The second-order valence-electron chi connectivity index (χ2n) is 7.08. The Labute approximate surface area is 199 Å². The molecule has 2 heterocycles. The van der Waals surface area contributed by atoms with E-state index < -0.39 is 5.91 Å². The summed E-state index contributed by atoms with van der Waals surface area (Å²) in [6.07, 6.45) is 4.98. The molecule has 1 amide bonds. The van der Waals surface area contributed by atoms with E-state index in [-0.39, 0.29) is 15.8 Å². The number of pyridine rings is 1. The molecule has 0 aliphatic heterocycles. The van der Waals surface area contributed by atoms with Crippen LogP contribution < -0.4 is 24.8 Å². The van der Waals surface area contributed by atoms with E-state index in [4.69, 9.17) is 4.74 Å². The molecule has 8 heteroatoms. The first-order chi connectivity index (χ1) is 16.6. The van der Waals surface area contributed by atoms with Gasteiger partial charge >= 0.3 is 0 Å². The highest BCUT2D eigenvalue weighted by Gasteiger charge is 2.17. The van der Waals surface area contributed by atoms with E-state index in [2.05, 4.69) is 10.3 Å². The standard InChI is InChI=1S/C26H20N4O3S/c1-2-33-21-12-10-19(11-13-21)29-24(31)22(16-27)26-30(20-8-4-3-5-9-20)25(32)23(34-26)15-18-7-6-14-28-17-18/h3-15,17H,2H2,1H3,(H,29,31). The van der Waals surface area contributed by atoms with Gasteiger partial charge in [-0.3, -0.25) is 19.1 Å². The maximum absolute atomic E-state index is 13.3. The number of thiazole rings is 1. The molecule has 0 saturated carbocycles. The van der Waals surface area contributed by atoms with Crippen molar-refractivity contribution in [3.8, 4) is 17.5 Å². The Bertz CT molecular complexity index is 1520. The van der Waals surface area contributed by atoms with E-state index in [0.717, 1.165) is 16.9 Å². The van der Waals surface area contributed by atoms with Crippen molar-refractivity contribution < 1.29 is 9.53 Å². The number of carbonyl (C=O) groups excluding carboxylic acids is 1. The van der Waals surface area contributed by atoms with Crippen molar-refractivity contribution in [2.24, 2.45) is 0 Å². The van der Waals surface area contributed by atoms with E-state index in [1.54, 1.807) is 73.1 Å². The van der Waals surface area contributed by atoms with E-state index >= 15 is 0 Å². The number of amides is 1. The van der Waals surface area contributed by atoms with Crippen molar-refractivity contribution in [3.05, 3.63) is 104 Å². The number of aromatic nitrogens is 2. The third-order valence-electron chi connectivity index (χ3n) is 4.80. The fraction of sp³-hybridized carbons (Fsp3) is 0.0769. The van der Waals surface area contributed by atoms with Crippen LogP contribution in [0.2, 0.25) is 0 Å². The number of nitriles is 1. The van der Waals surface area contributed by atoms with Gasteiger partial charge in [-0.05, 0) is 61.0 Å². The summed E-state index contributed by atoms with van der Waals surface area (Å²) < 4.78 is 7.44. The summed E-state index contributed by atoms with van der Waals surface area (Å²) in [5.74, 6) is 0.0715. The fourth-order valence-corrected chi connectivity index (χ4v) is 4.37. The van der Waals surface area contributed by atoms with Gasteiger partial charge in [0.2, 0.25) is 0 Å². The van der Waals surface area contributed by atoms with Crippen molar-refractivity contribution >= 4 is 34.6 Å². The smallest absolute Gasteiger partial charge is 0.273 e. The van der Waals surface area contributed by atoms with Crippen LogP contribution in [0, 0.1) is 11.3 Å². The van der Waals surface area contributed by atoms with Crippen molar-refractivity contribution in [1.82, 2.24) is 9.55 Å². The Hall–Kier alpha value is -4.48. The Morgan fingerprint density at radius 3 is 2.56 bits per heavy atom. The maximum atomic E-state index is 13.3. The van der Waals surface area contributed by atoms with Crippen molar-refractivity contribution in [2.75, 3.05) is 11.9 Å². The zero-order valence-corrected chi connectivity index (χ0v) is 19.1. The van der Waals surface area contributed by atoms with Crippen LogP contribution in [0.4, 0.5) is 5.69 Å². The Balaban J connectivity index is 1.86. The van der Waals surface area contributed by atoms with Crippen LogP contribution in [-0.4, -0.2) is 22.1 Å². The molecule has 1 N–H and O–H groups in total. The molecule has 2 aromatic carbocycles. The molecular weight excluding hydrogens is 448 g/mol. The monoisotopic (exact) mass is 468 g/mol. The second kappa shape index (κ2) is 10.4. The molecule has 0 atom stereocenters. The second-order valence-corrected chi connectivity index (χ2v) is 8.11. The van der Waals surface area contributed by atoms with Gasteiger partial charge in [0.1, 0.15) is 16.5 Å². The minimum atomic E-state index is -0.606. The van der Waals surface area contributed by atoms with Gasteiger partial charge in [0, 0.05) is 18.1 Å². The summed E-state index contributed by atoms with van der Waals surface area (Å²) in [6, 6.07) is 21.4. The van der Waals surface area contributed by atoms with Crippen molar-refractivity contribution in [1.29, 1.82) is 5.26 Å². The van der Waals surface area contributed by atoms with Gasteiger partial charge < -0.3 is 10.1 Å². The van der Waals surface area contributed by atoms with Crippen LogP contribution in [0.5, 0.6) is 5.75 Å². The van der Waals surface area contributed by atoms with E-state index in [9.17, 15) is 14.9 Å². The number of nitrogens with zero attached hydrogens (tertiary/aromatic N) is 3. The van der Waals surface area contributed by atoms with Gasteiger partial charge in [0.15, 0.2) is 5.57 Å². The first-order valence-corrected chi connectivity index (χ1v) is 11.3. The first-order valence-electron chi connectivity index (χ1n) is 10.5. The fourth-order valence-electron chi connectivity index (χ4n) is 3.26. The highest BCUT2D eigenvalue weighted by Crippen LogP contribution is 2.16. The summed E-state index contributed by atoms with van der Waals surface area (Å²) in [6.45, 7) is 2.42. The van der Waals surface area contributed by atoms with E-state index in [1.807, 2.05) is 25.1 Å². The molecule has 0 fully saturated rings. The normalized spacial score (nSPS) is 12.1. The number of benzene rings is 2. The lowest BCUT2D eigenvalue weighted by Crippen LogP contribution is -2.32. The maximum Gasteiger partial charge on any atom is 0.273 e. The molecule has 0 aliphatic rings. The van der Waals surface area contributed by atoms with E-state index in [0.29, 0.717) is 28.3 Å². The first kappa shape index (κ1) is 22.7. The number of nitrogens with one attached hydrogen (secondary N) is 1. The molecular formula is C26H20N4O3S. The number of anilines is 1. The summed E-state index contributed by atoms with van der Waals surface area (Å²) in [5, 5.41) is 12.6. The average Bonchev–Trinajstić information content (AvgIpc) is 3.17. The van der Waals surface area contributed by atoms with Crippen molar-refractivity contribution in [2.45, 2.75) is 6.92 Å². The third-order valence-corrected chi connectivity index (χ3v) is 5.89. The van der Waals surface area contributed by atoms with Gasteiger partial charge in [-0.25, -0.2) is 0 Å². The largest absolute Gasteiger partial charge is 0.494 e. The zero-order valence-electron chi connectivity index (χ0n) is 18.3. The lowest BCUT2D eigenvalue weighted by molar-refractivity contribution is -0.111. The van der Waals surface area contributed by atoms with Crippen LogP contribution in [0.3, 0.4) is 0 Å². The average molecular weight is 469 g/mol. The molecule has 4 rings (SSSR count).